The maximum atomic E-state index is 13.2. The summed E-state index contributed by atoms with van der Waals surface area (Å²) >= 11 is 1.36. The summed E-state index contributed by atoms with van der Waals surface area (Å²) in [5.74, 6) is 0.352. The van der Waals surface area contributed by atoms with Crippen molar-refractivity contribution in [2.75, 3.05) is 6.54 Å². The summed E-state index contributed by atoms with van der Waals surface area (Å²) in [6.07, 6.45) is 0. The Bertz CT molecular complexity index is 510. The maximum Gasteiger partial charge on any atom is 0.123 e. The van der Waals surface area contributed by atoms with Crippen LogP contribution in [0, 0.1) is 11.7 Å². The molecule has 0 spiro atoms. The molecule has 1 heterocycles. The number of benzene rings is 1. The Kier molecular flexibility index (Phi) is 4.38. The molecule has 0 bridgehead atoms. The molecular weight excluding hydrogens is 249 g/mol. The van der Waals surface area contributed by atoms with Crippen LogP contribution in [0.4, 0.5) is 4.39 Å². The summed E-state index contributed by atoms with van der Waals surface area (Å²) in [5.41, 5.74) is 1.56. The van der Waals surface area contributed by atoms with Gasteiger partial charge in [0.1, 0.15) is 11.5 Å². The molecule has 0 aliphatic rings. The van der Waals surface area contributed by atoms with E-state index in [9.17, 15) is 4.39 Å². The van der Waals surface area contributed by atoms with Crippen LogP contribution in [0.2, 0.25) is 0 Å². The summed E-state index contributed by atoms with van der Waals surface area (Å²) in [4.78, 5) is 1.04. The zero-order valence-corrected chi connectivity index (χ0v) is 11.3. The van der Waals surface area contributed by atoms with Crippen molar-refractivity contribution in [1.29, 1.82) is 0 Å². The van der Waals surface area contributed by atoms with Gasteiger partial charge in [-0.05, 0) is 36.1 Å². The average molecular weight is 265 g/mol. The molecule has 1 N–H and O–H groups in total. The molecule has 3 nitrogen and oxygen atoms in total. The topological polar surface area (TPSA) is 37.8 Å². The van der Waals surface area contributed by atoms with E-state index in [0.29, 0.717) is 5.92 Å². The quantitative estimate of drug-likeness (QED) is 0.902. The Hall–Kier alpha value is -1.33. The van der Waals surface area contributed by atoms with E-state index < -0.39 is 0 Å². The number of hydrogen-bond acceptors (Lipinski definition) is 4. The van der Waals surface area contributed by atoms with Crippen LogP contribution in [0.5, 0.6) is 0 Å². The average Bonchev–Trinajstić information content (AvgIpc) is 2.77. The van der Waals surface area contributed by atoms with E-state index >= 15 is 0 Å². The molecule has 0 saturated carbocycles. The minimum atomic E-state index is -0.249. The number of aromatic nitrogens is 2. The van der Waals surface area contributed by atoms with Gasteiger partial charge >= 0.3 is 0 Å². The van der Waals surface area contributed by atoms with Gasteiger partial charge in [0.2, 0.25) is 0 Å². The fourth-order valence-corrected chi connectivity index (χ4v) is 2.29. The fourth-order valence-electron chi connectivity index (χ4n) is 1.65. The number of rotatable bonds is 5. The molecule has 2 rings (SSSR count). The molecule has 0 aliphatic heterocycles. The maximum absolute atomic E-state index is 13.2. The Morgan fingerprint density at radius 2 is 2.22 bits per heavy atom. The minimum absolute atomic E-state index is 0.249. The first kappa shape index (κ1) is 13.1. The normalized spacial score (nSPS) is 11.1. The van der Waals surface area contributed by atoms with Crippen molar-refractivity contribution in [2.24, 2.45) is 5.92 Å². The third-order valence-corrected chi connectivity index (χ3v) is 3.21. The van der Waals surface area contributed by atoms with Gasteiger partial charge in [-0.25, -0.2) is 4.39 Å². The number of hydrogen-bond donors (Lipinski definition) is 1. The highest BCUT2D eigenvalue weighted by Crippen LogP contribution is 2.24. The fraction of sp³-hybridized carbons (Fsp3) is 0.385. The first-order chi connectivity index (χ1) is 8.66. The second kappa shape index (κ2) is 6.02. The molecule has 0 atom stereocenters. The lowest BCUT2D eigenvalue weighted by Crippen LogP contribution is -2.18. The molecule has 18 heavy (non-hydrogen) atoms. The van der Waals surface area contributed by atoms with Gasteiger partial charge in [-0.3, -0.25) is 0 Å². The molecule has 0 fully saturated rings. The predicted octanol–water partition coefficient (Wildman–Crippen LogP) is 3.09. The number of nitrogens with one attached hydrogen (secondary N) is 1. The SMILES string of the molecule is CC(C)CNCc1snnc1-c1cccc(F)c1. The van der Waals surface area contributed by atoms with E-state index in [2.05, 4.69) is 28.8 Å². The molecule has 0 saturated heterocycles. The lowest BCUT2D eigenvalue weighted by Gasteiger charge is -2.06. The predicted molar refractivity (Wildman–Crippen MR) is 71.8 cm³/mol. The van der Waals surface area contributed by atoms with Crippen molar-refractivity contribution in [1.82, 2.24) is 14.9 Å². The first-order valence-electron chi connectivity index (χ1n) is 5.94. The molecule has 1 aromatic heterocycles. The van der Waals surface area contributed by atoms with Crippen molar-refractivity contribution < 1.29 is 4.39 Å². The van der Waals surface area contributed by atoms with Crippen LogP contribution in [-0.2, 0) is 6.54 Å². The molecule has 1 aromatic carbocycles. The second-order valence-electron chi connectivity index (χ2n) is 4.58. The Morgan fingerprint density at radius 1 is 1.39 bits per heavy atom. The smallest absolute Gasteiger partial charge is 0.123 e. The van der Waals surface area contributed by atoms with Gasteiger partial charge in [0.05, 0.1) is 4.88 Å². The van der Waals surface area contributed by atoms with Crippen molar-refractivity contribution in [3.63, 3.8) is 0 Å². The molecule has 0 aliphatic carbocycles. The van der Waals surface area contributed by atoms with E-state index in [1.807, 2.05) is 6.07 Å². The van der Waals surface area contributed by atoms with Gasteiger partial charge in [-0.2, -0.15) is 0 Å². The molecule has 96 valence electrons. The summed E-state index contributed by atoms with van der Waals surface area (Å²) in [6, 6.07) is 6.46. The second-order valence-corrected chi connectivity index (χ2v) is 5.42. The highest BCUT2D eigenvalue weighted by molar-refractivity contribution is 7.05. The van der Waals surface area contributed by atoms with Crippen LogP contribution in [-0.4, -0.2) is 16.1 Å². The van der Waals surface area contributed by atoms with Crippen LogP contribution in [0.15, 0.2) is 24.3 Å². The van der Waals surface area contributed by atoms with E-state index in [1.165, 1.54) is 23.7 Å². The van der Waals surface area contributed by atoms with Crippen LogP contribution < -0.4 is 5.32 Å². The third kappa shape index (κ3) is 3.34. The standard InChI is InChI=1S/C13H16FN3S/c1-9(2)7-15-8-12-13(16-17-18-12)10-4-3-5-11(14)6-10/h3-6,9,15H,7-8H2,1-2H3. The van der Waals surface area contributed by atoms with Crippen molar-refractivity contribution >= 4 is 11.5 Å². The van der Waals surface area contributed by atoms with Crippen molar-refractivity contribution in [2.45, 2.75) is 20.4 Å². The van der Waals surface area contributed by atoms with E-state index in [4.69, 9.17) is 0 Å². The van der Waals surface area contributed by atoms with E-state index in [0.717, 1.165) is 29.2 Å². The monoisotopic (exact) mass is 265 g/mol. The summed E-state index contributed by atoms with van der Waals surface area (Å²) in [6.45, 7) is 5.99. The van der Waals surface area contributed by atoms with Crippen molar-refractivity contribution in [3.05, 3.63) is 35.0 Å². The lowest BCUT2D eigenvalue weighted by atomic mass is 10.1. The van der Waals surface area contributed by atoms with Crippen LogP contribution >= 0.6 is 11.5 Å². The van der Waals surface area contributed by atoms with Crippen LogP contribution in [0.3, 0.4) is 0 Å². The van der Waals surface area contributed by atoms with Gasteiger partial charge in [0.25, 0.3) is 0 Å². The highest BCUT2D eigenvalue weighted by atomic mass is 32.1. The number of nitrogens with zero attached hydrogens (tertiary/aromatic N) is 2. The largest absolute Gasteiger partial charge is 0.311 e. The minimum Gasteiger partial charge on any atom is -0.311 e. The summed E-state index contributed by atoms with van der Waals surface area (Å²) < 4.78 is 17.1. The van der Waals surface area contributed by atoms with Gasteiger partial charge in [0, 0.05) is 12.1 Å². The van der Waals surface area contributed by atoms with E-state index in [1.54, 1.807) is 6.07 Å². The molecule has 0 radical (unpaired) electrons. The van der Waals surface area contributed by atoms with Crippen LogP contribution in [0.1, 0.15) is 18.7 Å². The summed E-state index contributed by atoms with van der Waals surface area (Å²) in [7, 11) is 0. The van der Waals surface area contributed by atoms with E-state index in [-0.39, 0.29) is 5.82 Å². The lowest BCUT2D eigenvalue weighted by molar-refractivity contribution is 0.555. The van der Waals surface area contributed by atoms with Crippen LogP contribution in [0.25, 0.3) is 11.3 Å². The zero-order chi connectivity index (χ0) is 13.0. The molecule has 0 amide bonds. The highest BCUT2D eigenvalue weighted by Gasteiger charge is 2.10. The third-order valence-electron chi connectivity index (χ3n) is 2.49. The first-order valence-corrected chi connectivity index (χ1v) is 6.72. The number of halogens is 1. The molecule has 5 heteroatoms. The van der Waals surface area contributed by atoms with Gasteiger partial charge in [0.15, 0.2) is 0 Å². The zero-order valence-electron chi connectivity index (χ0n) is 10.5. The molecular formula is C13H16FN3S. The van der Waals surface area contributed by atoms with Gasteiger partial charge < -0.3 is 5.32 Å². The molecule has 0 unspecified atom stereocenters. The van der Waals surface area contributed by atoms with Gasteiger partial charge in [-0.1, -0.05) is 30.5 Å². The van der Waals surface area contributed by atoms with Crippen molar-refractivity contribution in [3.8, 4) is 11.3 Å². The Balaban J connectivity index is 2.12. The van der Waals surface area contributed by atoms with Gasteiger partial charge in [-0.15, -0.1) is 5.10 Å². The Labute approximate surface area is 110 Å². The molecule has 2 aromatic rings. The Morgan fingerprint density at radius 3 is 2.94 bits per heavy atom. The summed E-state index contributed by atoms with van der Waals surface area (Å²) in [5, 5.41) is 7.44.